The molecule has 10 nitrogen and oxygen atoms in total. The molecule has 0 aliphatic carbocycles. The van der Waals surface area contributed by atoms with Gasteiger partial charge in [-0.2, -0.15) is 0 Å². The molecule has 0 aromatic carbocycles. The zero-order chi connectivity index (χ0) is 18.8. The van der Waals surface area contributed by atoms with E-state index in [-0.39, 0.29) is 30.3 Å². The average Bonchev–Trinajstić information content (AvgIpc) is 3.33. The SMILES string of the molecule is O=C(NO)c1cnc(N2C[C@H]3C[C@H]2CN3C(=O)OCc2cccnc2)nc1. The van der Waals surface area contributed by atoms with Gasteiger partial charge in [-0.05, 0) is 12.5 Å². The van der Waals surface area contributed by atoms with Gasteiger partial charge in [0.2, 0.25) is 5.95 Å². The van der Waals surface area contributed by atoms with Crippen molar-refractivity contribution in [1.82, 2.24) is 25.3 Å². The number of anilines is 1. The molecule has 10 heteroatoms. The summed E-state index contributed by atoms with van der Waals surface area (Å²) in [5.74, 6) is -0.160. The third-order valence-corrected chi connectivity index (χ3v) is 4.82. The molecule has 140 valence electrons. The van der Waals surface area contributed by atoms with E-state index in [1.165, 1.54) is 12.4 Å². The van der Waals surface area contributed by atoms with Crippen LogP contribution in [0.4, 0.5) is 10.7 Å². The van der Waals surface area contributed by atoms with Crippen LogP contribution in [0.1, 0.15) is 22.3 Å². The van der Waals surface area contributed by atoms with Gasteiger partial charge in [0.1, 0.15) is 6.61 Å². The number of rotatable bonds is 4. The molecule has 2 bridgehead atoms. The van der Waals surface area contributed by atoms with Crippen LogP contribution in [0.2, 0.25) is 0 Å². The lowest BCUT2D eigenvalue weighted by Gasteiger charge is -2.33. The predicted octanol–water partition coefficient (Wildman–Crippen LogP) is 0.590. The largest absolute Gasteiger partial charge is 0.444 e. The summed E-state index contributed by atoms with van der Waals surface area (Å²) in [6.07, 6.45) is 6.55. The van der Waals surface area contributed by atoms with E-state index in [1.807, 2.05) is 11.0 Å². The Morgan fingerprint density at radius 3 is 2.67 bits per heavy atom. The minimum atomic E-state index is -0.660. The van der Waals surface area contributed by atoms with Gasteiger partial charge in [-0.1, -0.05) is 6.07 Å². The molecule has 0 spiro atoms. The van der Waals surface area contributed by atoms with Crippen molar-refractivity contribution in [2.45, 2.75) is 25.1 Å². The molecule has 0 unspecified atom stereocenters. The first-order chi connectivity index (χ1) is 13.2. The third-order valence-electron chi connectivity index (χ3n) is 4.82. The second-order valence-corrected chi connectivity index (χ2v) is 6.48. The highest BCUT2D eigenvalue weighted by atomic mass is 16.6. The Labute approximate surface area is 154 Å². The number of likely N-dealkylation sites (tertiary alicyclic amines) is 1. The van der Waals surface area contributed by atoms with Crippen molar-refractivity contribution < 1.29 is 19.5 Å². The molecule has 2 amide bonds. The maximum absolute atomic E-state index is 12.4. The van der Waals surface area contributed by atoms with E-state index in [2.05, 4.69) is 15.0 Å². The summed E-state index contributed by atoms with van der Waals surface area (Å²) < 4.78 is 5.39. The van der Waals surface area contributed by atoms with Gasteiger partial charge >= 0.3 is 6.09 Å². The molecule has 0 radical (unpaired) electrons. The number of piperazine rings is 1. The summed E-state index contributed by atoms with van der Waals surface area (Å²) in [7, 11) is 0. The van der Waals surface area contributed by atoms with Crippen LogP contribution in [0.5, 0.6) is 0 Å². The fraction of sp³-hybridized carbons (Fsp3) is 0.353. The zero-order valence-electron chi connectivity index (χ0n) is 14.4. The van der Waals surface area contributed by atoms with E-state index < -0.39 is 5.91 Å². The molecule has 27 heavy (non-hydrogen) atoms. The number of aromatic nitrogens is 3. The van der Waals surface area contributed by atoms with E-state index in [4.69, 9.17) is 9.94 Å². The van der Waals surface area contributed by atoms with Gasteiger partial charge in [0.15, 0.2) is 0 Å². The normalized spacial score (nSPS) is 20.6. The number of ether oxygens (including phenoxy) is 1. The highest BCUT2D eigenvalue weighted by Gasteiger charge is 2.46. The Bertz CT molecular complexity index is 831. The van der Waals surface area contributed by atoms with Gasteiger partial charge in [0, 0.05) is 43.4 Å². The number of carbonyl (C=O) groups excluding carboxylic acids is 2. The van der Waals surface area contributed by atoms with Gasteiger partial charge in [-0.25, -0.2) is 20.2 Å². The van der Waals surface area contributed by atoms with Gasteiger partial charge in [-0.3, -0.25) is 15.0 Å². The molecule has 2 saturated heterocycles. The Hall–Kier alpha value is -3.27. The van der Waals surface area contributed by atoms with E-state index >= 15 is 0 Å². The quantitative estimate of drug-likeness (QED) is 0.593. The second kappa shape index (κ2) is 7.16. The number of fused-ring (bicyclic) bond motifs is 2. The molecule has 4 rings (SSSR count). The van der Waals surface area contributed by atoms with Crippen LogP contribution in [0.25, 0.3) is 0 Å². The Kier molecular flexibility index (Phi) is 4.55. The highest BCUT2D eigenvalue weighted by molar-refractivity contribution is 5.92. The summed E-state index contributed by atoms with van der Waals surface area (Å²) in [6, 6.07) is 3.81. The summed E-state index contributed by atoms with van der Waals surface area (Å²) in [6.45, 7) is 1.35. The topological polar surface area (TPSA) is 121 Å². The number of nitrogens with one attached hydrogen (secondary N) is 1. The van der Waals surface area contributed by atoms with Crippen LogP contribution < -0.4 is 10.4 Å². The van der Waals surface area contributed by atoms with Crippen LogP contribution in [-0.4, -0.2) is 62.2 Å². The molecule has 2 N–H and O–H groups in total. The van der Waals surface area contributed by atoms with Crippen LogP contribution >= 0.6 is 0 Å². The van der Waals surface area contributed by atoms with Gasteiger partial charge in [0.05, 0.1) is 17.6 Å². The number of nitrogens with zero attached hydrogens (tertiary/aromatic N) is 5. The van der Waals surface area contributed by atoms with Gasteiger partial charge in [-0.15, -0.1) is 0 Å². The maximum atomic E-state index is 12.4. The standard InChI is InChI=1S/C17H18N6O4/c24-15(21-26)12-6-19-16(20-7-12)22-8-14-4-13(22)9-23(14)17(25)27-10-11-2-1-3-18-5-11/h1-3,5-7,13-14,26H,4,8-10H2,(H,21,24)/t13-,14+/m0/s1. The monoisotopic (exact) mass is 370 g/mol. The van der Waals surface area contributed by atoms with Gasteiger partial charge in [0.25, 0.3) is 5.91 Å². The molecular formula is C17H18N6O4. The minimum absolute atomic E-state index is 0.0421. The molecule has 2 aliphatic rings. The number of hydrogen-bond acceptors (Lipinski definition) is 8. The lowest BCUT2D eigenvalue weighted by Crippen LogP contribution is -2.49. The maximum Gasteiger partial charge on any atom is 0.410 e. The van der Waals surface area contributed by atoms with Crippen molar-refractivity contribution in [2.24, 2.45) is 0 Å². The van der Waals surface area contributed by atoms with E-state index in [1.54, 1.807) is 28.8 Å². The van der Waals surface area contributed by atoms with Crippen molar-refractivity contribution in [2.75, 3.05) is 18.0 Å². The molecule has 4 heterocycles. The molecule has 2 aromatic heterocycles. The minimum Gasteiger partial charge on any atom is -0.444 e. The van der Waals surface area contributed by atoms with Crippen molar-refractivity contribution in [3.05, 3.63) is 48.0 Å². The van der Waals surface area contributed by atoms with Crippen molar-refractivity contribution in [3.63, 3.8) is 0 Å². The second-order valence-electron chi connectivity index (χ2n) is 6.48. The molecule has 2 fully saturated rings. The summed E-state index contributed by atoms with van der Waals surface area (Å²) in [5, 5.41) is 8.63. The van der Waals surface area contributed by atoms with E-state index in [0.29, 0.717) is 19.0 Å². The molecule has 2 aliphatic heterocycles. The molecular weight excluding hydrogens is 352 g/mol. The first-order valence-corrected chi connectivity index (χ1v) is 8.51. The number of hydrogen-bond donors (Lipinski definition) is 2. The first kappa shape index (κ1) is 17.2. The number of amides is 2. The van der Waals surface area contributed by atoms with Crippen molar-refractivity contribution >= 4 is 17.9 Å². The zero-order valence-corrected chi connectivity index (χ0v) is 14.4. The van der Waals surface area contributed by atoms with Crippen molar-refractivity contribution in [1.29, 1.82) is 0 Å². The van der Waals surface area contributed by atoms with Crippen LogP contribution in [0.3, 0.4) is 0 Å². The predicted molar refractivity (Wildman–Crippen MR) is 92.0 cm³/mol. The van der Waals surface area contributed by atoms with Crippen LogP contribution in [-0.2, 0) is 11.3 Å². The first-order valence-electron chi connectivity index (χ1n) is 8.51. The Balaban J connectivity index is 1.35. The van der Waals surface area contributed by atoms with E-state index in [9.17, 15) is 9.59 Å². The average molecular weight is 370 g/mol. The summed E-state index contributed by atoms with van der Waals surface area (Å²) >= 11 is 0. The number of carbonyl (C=O) groups is 2. The third kappa shape index (κ3) is 3.38. The smallest absolute Gasteiger partial charge is 0.410 e. The van der Waals surface area contributed by atoms with Crippen LogP contribution in [0.15, 0.2) is 36.9 Å². The number of hydroxylamine groups is 1. The van der Waals surface area contributed by atoms with Crippen LogP contribution in [0, 0.1) is 0 Å². The van der Waals surface area contributed by atoms with E-state index in [0.717, 1.165) is 12.0 Å². The Morgan fingerprint density at radius 2 is 2.04 bits per heavy atom. The van der Waals surface area contributed by atoms with Crippen molar-refractivity contribution in [3.8, 4) is 0 Å². The number of pyridine rings is 1. The Morgan fingerprint density at radius 1 is 1.22 bits per heavy atom. The fourth-order valence-corrected chi connectivity index (χ4v) is 3.50. The molecule has 0 saturated carbocycles. The van der Waals surface area contributed by atoms with Gasteiger partial charge < -0.3 is 14.5 Å². The molecule has 2 aromatic rings. The summed E-state index contributed by atoms with van der Waals surface area (Å²) in [5.41, 5.74) is 2.56. The lowest BCUT2D eigenvalue weighted by atomic mass is 10.2. The lowest BCUT2D eigenvalue weighted by molar-refractivity contribution is 0.0705. The molecule has 2 atom stereocenters. The fourth-order valence-electron chi connectivity index (χ4n) is 3.50. The highest BCUT2D eigenvalue weighted by Crippen LogP contribution is 2.33. The summed E-state index contributed by atoms with van der Waals surface area (Å²) in [4.78, 5) is 39.9.